The average molecular weight is 497 g/mol. The maximum atomic E-state index is 13.0. The largest absolute Gasteiger partial charge is 0.329 e. The molecule has 3 aromatic carbocycles. The van der Waals surface area contributed by atoms with Crippen LogP contribution in [0, 0.1) is 5.82 Å². The van der Waals surface area contributed by atoms with Crippen molar-refractivity contribution < 1.29 is 17.6 Å². The summed E-state index contributed by atoms with van der Waals surface area (Å²) in [5, 5.41) is 3.73. The van der Waals surface area contributed by atoms with Crippen LogP contribution in [0.5, 0.6) is 0 Å². The molecule has 7 nitrogen and oxygen atoms in total. The van der Waals surface area contributed by atoms with Crippen LogP contribution >= 0.6 is 11.8 Å². The SMILES string of the molecule is Cn1ccnc1Sc1ccc(NC(=O)Cc2ccc(NS(=O)(=O)c3ccc(F)cc3)cc2)cc1. The fraction of sp³-hybridized carbons (Fsp3) is 0.0833. The number of hydrogen-bond acceptors (Lipinski definition) is 5. The van der Waals surface area contributed by atoms with Crippen molar-refractivity contribution in [3.05, 3.63) is 96.6 Å². The van der Waals surface area contributed by atoms with Gasteiger partial charge in [0.25, 0.3) is 10.0 Å². The average Bonchev–Trinajstić information content (AvgIpc) is 3.21. The Balaban J connectivity index is 1.32. The minimum Gasteiger partial charge on any atom is -0.329 e. The first-order valence-corrected chi connectivity index (χ1v) is 12.5. The number of anilines is 2. The van der Waals surface area contributed by atoms with Crippen molar-refractivity contribution in [2.45, 2.75) is 21.4 Å². The highest BCUT2D eigenvalue weighted by molar-refractivity contribution is 7.99. The fourth-order valence-electron chi connectivity index (χ4n) is 3.07. The summed E-state index contributed by atoms with van der Waals surface area (Å²) in [6.07, 6.45) is 3.75. The molecular weight excluding hydrogens is 475 g/mol. The molecule has 0 aliphatic rings. The van der Waals surface area contributed by atoms with Crippen LogP contribution in [0.2, 0.25) is 0 Å². The van der Waals surface area contributed by atoms with Crippen molar-refractivity contribution in [3.63, 3.8) is 0 Å². The van der Waals surface area contributed by atoms with Crippen LogP contribution in [0.4, 0.5) is 15.8 Å². The molecule has 2 N–H and O–H groups in total. The molecule has 0 unspecified atom stereocenters. The minimum atomic E-state index is -3.83. The highest BCUT2D eigenvalue weighted by atomic mass is 32.2. The standard InChI is InChI=1S/C24H21FN4O3S2/c1-29-15-14-26-24(29)33-21-10-8-19(9-11-21)27-23(30)16-17-2-6-20(7-3-17)28-34(31,32)22-12-4-18(25)5-13-22/h2-15,28H,16H2,1H3,(H,27,30). The van der Waals surface area contributed by atoms with Crippen LogP contribution in [0.1, 0.15) is 5.56 Å². The first-order chi connectivity index (χ1) is 16.3. The predicted molar refractivity (Wildman–Crippen MR) is 130 cm³/mol. The molecule has 0 saturated heterocycles. The van der Waals surface area contributed by atoms with E-state index < -0.39 is 15.8 Å². The van der Waals surface area contributed by atoms with Crippen LogP contribution in [0.3, 0.4) is 0 Å². The second-order valence-corrected chi connectivity index (χ2v) is 10.2. The maximum Gasteiger partial charge on any atom is 0.261 e. The molecule has 34 heavy (non-hydrogen) atoms. The first-order valence-electron chi connectivity index (χ1n) is 10.2. The van der Waals surface area contributed by atoms with E-state index in [4.69, 9.17) is 0 Å². The summed E-state index contributed by atoms with van der Waals surface area (Å²) in [7, 11) is -1.90. The van der Waals surface area contributed by atoms with E-state index in [0.29, 0.717) is 11.4 Å². The van der Waals surface area contributed by atoms with E-state index in [1.54, 1.807) is 30.5 Å². The summed E-state index contributed by atoms with van der Waals surface area (Å²) in [5.41, 5.74) is 1.75. The number of aromatic nitrogens is 2. The van der Waals surface area contributed by atoms with Crippen LogP contribution in [-0.4, -0.2) is 23.9 Å². The Morgan fingerprint density at radius 1 is 0.971 bits per heavy atom. The molecule has 10 heteroatoms. The molecule has 0 fully saturated rings. The van der Waals surface area contributed by atoms with Gasteiger partial charge in [-0.25, -0.2) is 17.8 Å². The van der Waals surface area contributed by atoms with E-state index in [-0.39, 0.29) is 17.2 Å². The number of aryl methyl sites for hydroxylation is 1. The molecular formula is C24H21FN4O3S2. The summed E-state index contributed by atoms with van der Waals surface area (Å²) in [6.45, 7) is 0. The Labute approximate surface area is 201 Å². The van der Waals surface area contributed by atoms with Gasteiger partial charge in [0, 0.05) is 35.7 Å². The van der Waals surface area contributed by atoms with Gasteiger partial charge in [0.2, 0.25) is 5.91 Å². The van der Waals surface area contributed by atoms with Crippen molar-refractivity contribution >= 4 is 39.1 Å². The molecule has 0 saturated carbocycles. The topological polar surface area (TPSA) is 93.1 Å². The third-order valence-corrected chi connectivity index (χ3v) is 7.30. The van der Waals surface area contributed by atoms with Gasteiger partial charge in [0.15, 0.2) is 5.16 Å². The number of rotatable bonds is 8. The highest BCUT2D eigenvalue weighted by Crippen LogP contribution is 2.27. The monoisotopic (exact) mass is 496 g/mol. The number of nitrogens with zero attached hydrogens (tertiary/aromatic N) is 2. The third-order valence-electron chi connectivity index (χ3n) is 4.82. The lowest BCUT2D eigenvalue weighted by Crippen LogP contribution is -2.15. The second kappa shape index (κ2) is 10.1. The molecule has 1 aromatic heterocycles. The first kappa shape index (κ1) is 23.5. The summed E-state index contributed by atoms with van der Waals surface area (Å²) >= 11 is 1.53. The lowest BCUT2D eigenvalue weighted by molar-refractivity contribution is -0.115. The quantitative estimate of drug-likeness (QED) is 0.369. The van der Waals surface area contributed by atoms with Crippen LogP contribution in [0.25, 0.3) is 0 Å². The Morgan fingerprint density at radius 2 is 1.62 bits per heavy atom. The molecule has 1 heterocycles. The van der Waals surface area contributed by atoms with Gasteiger partial charge >= 0.3 is 0 Å². The Bertz CT molecular complexity index is 1390. The number of sulfonamides is 1. The number of halogens is 1. The van der Waals surface area contributed by atoms with E-state index >= 15 is 0 Å². The van der Waals surface area contributed by atoms with E-state index in [9.17, 15) is 17.6 Å². The minimum absolute atomic E-state index is 0.0401. The lowest BCUT2D eigenvalue weighted by atomic mass is 10.1. The summed E-state index contributed by atoms with van der Waals surface area (Å²) in [6, 6.07) is 18.6. The van der Waals surface area contributed by atoms with E-state index in [0.717, 1.165) is 27.7 Å². The second-order valence-electron chi connectivity index (χ2n) is 7.43. The number of hydrogen-bond donors (Lipinski definition) is 2. The Kier molecular flexibility index (Phi) is 6.99. The van der Waals surface area contributed by atoms with Crippen LogP contribution in [-0.2, 0) is 28.3 Å². The fourth-order valence-corrected chi connectivity index (χ4v) is 4.93. The van der Waals surface area contributed by atoms with Gasteiger partial charge in [0.1, 0.15) is 5.82 Å². The van der Waals surface area contributed by atoms with Gasteiger partial charge in [-0.15, -0.1) is 0 Å². The molecule has 4 rings (SSSR count). The molecule has 4 aromatic rings. The van der Waals surface area contributed by atoms with Gasteiger partial charge in [0.05, 0.1) is 11.3 Å². The van der Waals surface area contributed by atoms with Crippen LogP contribution in [0.15, 0.2) is 100 Å². The molecule has 0 spiro atoms. The lowest BCUT2D eigenvalue weighted by Gasteiger charge is -2.10. The van der Waals surface area contributed by atoms with Crippen LogP contribution < -0.4 is 10.0 Å². The zero-order chi connectivity index (χ0) is 24.1. The highest BCUT2D eigenvalue weighted by Gasteiger charge is 2.14. The number of benzene rings is 3. The number of carbonyl (C=O) groups excluding carboxylic acids is 1. The number of nitrogens with one attached hydrogen (secondary N) is 2. The zero-order valence-electron chi connectivity index (χ0n) is 18.1. The van der Waals surface area contributed by atoms with Crippen molar-refractivity contribution in [3.8, 4) is 0 Å². The smallest absolute Gasteiger partial charge is 0.261 e. The van der Waals surface area contributed by atoms with Gasteiger partial charge in [-0.1, -0.05) is 23.9 Å². The van der Waals surface area contributed by atoms with Gasteiger partial charge in [-0.2, -0.15) is 0 Å². The molecule has 0 aliphatic carbocycles. The van der Waals surface area contributed by atoms with E-state index in [1.165, 1.54) is 23.9 Å². The van der Waals surface area contributed by atoms with Crippen molar-refractivity contribution in [2.24, 2.45) is 7.05 Å². The summed E-state index contributed by atoms with van der Waals surface area (Å²) in [4.78, 5) is 17.7. The number of carbonyl (C=O) groups is 1. The molecule has 0 bridgehead atoms. The summed E-state index contributed by atoms with van der Waals surface area (Å²) < 4.78 is 42.2. The molecule has 1 amide bonds. The molecule has 0 atom stereocenters. The normalized spacial score (nSPS) is 11.2. The number of amides is 1. The van der Waals surface area contributed by atoms with Gasteiger partial charge < -0.3 is 9.88 Å². The Hall–Kier alpha value is -3.63. The van der Waals surface area contributed by atoms with Gasteiger partial charge in [-0.3, -0.25) is 9.52 Å². The van der Waals surface area contributed by atoms with E-state index in [2.05, 4.69) is 15.0 Å². The predicted octanol–water partition coefficient (Wildman–Crippen LogP) is 4.69. The van der Waals surface area contributed by atoms with Crippen molar-refractivity contribution in [2.75, 3.05) is 10.0 Å². The molecule has 0 aliphatic heterocycles. The summed E-state index contributed by atoms with van der Waals surface area (Å²) in [5.74, 6) is -0.704. The van der Waals surface area contributed by atoms with Gasteiger partial charge in [-0.05, 0) is 66.2 Å². The molecule has 0 radical (unpaired) electrons. The number of imidazole rings is 1. The Morgan fingerprint density at radius 3 is 2.24 bits per heavy atom. The maximum absolute atomic E-state index is 13.0. The third kappa shape index (κ3) is 6.03. The zero-order valence-corrected chi connectivity index (χ0v) is 19.7. The molecule has 174 valence electrons. The van der Waals surface area contributed by atoms with E-state index in [1.807, 2.05) is 42.1 Å². The van der Waals surface area contributed by atoms with Crippen molar-refractivity contribution in [1.82, 2.24) is 9.55 Å². The van der Waals surface area contributed by atoms with Crippen molar-refractivity contribution in [1.29, 1.82) is 0 Å².